The van der Waals surface area contributed by atoms with Gasteiger partial charge in [-0.15, -0.1) is 0 Å². The summed E-state index contributed by atoms with van der Waals surface area (Å²) in [5.41, 5.74) is 6.73. The molecular formula is C12H17N3O3. The van der Waals surface area contributed by atoms with E-state index in [-0.39, 0.29) is 5.69 Å². The van der Waals surface area contributed by atoms with E-state index >= 15 is 0 Å². The molecule has 1 saturated heterocycles. The summed E-state index contributed by atoms with van der Waals surface area (Å²) < 4.78 is 5.38. The number of nitrogens with zero attached hydrogens (tertiary/aromatic N) is 1. The topological polar surface area (TPSA) is 90.4 Å². The Morgan fingerprint density at radius 2 is 2.33 bits per heavy atom. The van der Waals surface area contributed by atoms with Gasteiger partial charge in [-0.1, -0.05) is 0 Å². The van der Waals surface area contributed by atoms with Crippen molar-refractivity contribution in [3.63, 3.8) is 0 Å². The molecule has 0 bridgehead atoms. The normalized spacial score (nSPS) is 19.4. The first-order chi connectivity index (χ1) is 8.65. The number of nitro groups is 1. The van der Waals surface area contributed by atoms with Crippen LogP contribution in [0.3, 0.4) is 0 Å². The van der Waals surface area contributed by atoms with Crippen molar-refractivity contribution in [3.8, 4) is 0 Å². The molecule has 1 unspecified atom stereocenters. The highest BCUT2D eigenvalue weighted by Gasteiger charge is 2.14. The molecule has 1 aromatic rings. The molecule has 1 heterocycles. The Bertz CT molecular complexity index is 431. The quantitative estimate of drug-likeness (QED) is 0.485. The number of nitrogen functional groups attached to an aromatic ring is 1. The van der Waals surface area contributed by atoms with Crippen molar-refractivity contribution in [3.05, 3.63) is 28.3 Å². The second-order valence-corrected chi connectivity index (χ2v) is 4.53. The number of non-ortho nitro benzene ring substituents is 1. The highest BCUT2D eigenvalue weighted by molar-refractivity contribution is 5.61. The third kappa shape index (κ3) is 3.33. The van der Waals surface area contributed by atoms with Gasteiger partial charge in [0.2, 0.25) is 0 Å². The van der Waals surface area contributed by atoms with E-state index in [1.165, 1.54) is 12.1 Å². The van der Waals surface area contributed by atoms with Gasteiger partial charge < -0.3 is 15.8 Å². The van der Waals surface area contributed by atoms with Crippen LogP contribution in [-0.4, -0.2) is 24.7 Å². The average Bonchev–Trinajstić information content (AvgIpc) is 2.37. The molecule has 3 N–H and O–H groups in total. The fourth-order valence-corrected chi connectivity index (χ4v) is 2.07. The maximum Gasteiger partial charge on any atom is 0.273 e. The van der Waals surface area contributed by atoms with E-state index < -0.39 is 4.92 Å². The molecule has 1 fully saturated rings. The lowest BCUT2D eigenvalue weighted by atomic mass is 10.0. The number of nitrogens with one attached hydrogen (secondary N) is 1. The highest BCUT2D eigenvalue weighted by atomic mass is 16.6. The van der Waals surface area contributed by atoms with Gasteiger partial charge in [0.05, 0.1) is 11.5 Å². The van der Waals surface area contributed by atoms with Crippen molar-refractivity contribution in [1.29, 1.82) is 0 Å². The largest absolute Gasteiger partial charge is 0.398 e. The smallest absolute Gasteiger partial charge is 0.273 e. The summed E-state index contributed by atoms with van der Waals surface area (Å²) in [4.78, 5) is 10.3. The molecule has 1 aromatic carbocycles. The van der Waals surface area contributed by atoms with Gasteiger partial charge in [0.1, 0.15) is 0 Å². The van der Waals surface area contributed by atoms with Crippen LogP contribution in [0.2, 0.25) is 0 Å². The summed E-state index contributed by atoms with van der Waals surface area (Å²) >= 11 is 0. The van der Waals surface area contributed by atoms with Gasteiger partial charge in [-0.25, -0.2) is 0 Å². The maximum atomic E-state index is 10.7. The fourth-order valence-electron chi connectivity index (χ4n) is 2.07. The van der Waals surface area contributed by atoms with E-state index in [4.69, 9.17) is 10.5 Å². The molecule has 0 amide bonds. The second kappa shape index (κ2) is 5.68. The van der Waals surface area contributed by atoms with E-state index in [2.05, 4.69) is 5.32 Å². The lowest BCUT2D eigenvalue weighted by molar-refractivity contribution is -0.384. The summed E-state index contributed by atoms with van der Waals surface area (Å²) in [6, 6.07) is 4.56. The number of nitrogens with two attached hydrogens (primary N) is 1. The Labute approximate surface area is 105 Å². The van der Waals surface area contributed by atoms with Crippen molar-refractivity contribution in [2.24, 2.45) is 5.92 Å². The first-order valence-corrected chi connectivity index (χ1v) is 6.02. The minimum absolute atomic E-state index is 0.0115. The van der Waals surface area contributed by atoms with Crippen LogP contribution in [0.15, 0.2) is 18.2 Å². The summed E-state index contributed by atoms with van der Waals surface area (Å²) in [6.45, 7) is 2.33. The van der Waals surface area contributed by atoms with Gasteiger partial charge >= 0.3 is 0 Å². The first kappa shape index (κ1) is 12.6. The predicted molar refractivity (Wildman–Crippen MR) is 69.5 cm³/mol. The van der Waals surface area contributed by atoms with Crippen LogP contribution in [0.5, 0.6) is 0 Å². The number of nitro benzene ring substituents is 1. The van der Waals surface area contributed by atoms with Crippen molar-refractivity contribution in [2.45, 2.75) is 12.8 Å². The molecule has 18 heavy (non-hydrogen) atoms. The second-order valence-electron chi connectivity index (χ2n) is 4.53. The number of hydrogen-bond donors (Lipinski definition) is 2. The van der Waals surface area contributed by atoms with Crippen LogP contribution < -0.4 is 11.1 Å². The summed E-state index contributed by atoms with van der Waals surface area (Å²) in [7, 11) is 0. The van der Waals surface area contributed by atoms with Crippen LogP contribution >= 0.6 is 0 Å². The van der Waals surface area contributed by atoms with E-state index in [0.717, 1.165) is 32.6 Å². The molecule has 1 atom stereocenters. The van der Waals surface area contributed by atoms with Crippen LogP contribution in [-0.2, 0) is 4.74 Å². The summed E-state index contributed by atoms with van der Waals surface area (Å²) in [5, 5.41) is 13.9. The molecule has 0 radical (unpaired) electrons. The molecule has 98 valence electrons. The van der Waals surface area contributed by atoms with Gasteiger partial charge in [0.15, 0.2) is 0 Å². The Morgan fingerprint density at radius 1 is 1.50 bits per heavy atom. The van der Waals surface area contributed by atoms with E-state index in [9.17, 15) is 10.1 Å². The van der Waals surface area contributed by atoms with Gasteiger partial charge in [-0.3, -0.25) is 10.1 Å². The standard InChI is InChI=1S/C12H17N3O3/c13-10-4-11(6-12(5-10)15(16)17)14-7-9-2-1-3-18-8-9/h4-6,9,14H,1-3,7-8,13H2. The van der Waals surface area contributed by atoms with Crippen LogP contribution in [0.25, 0.3) is 0 Å². The number of ether oxygens (including phenoxy) is 1. The van der Waals surface area contributed by atoms with Gasteiger partial charge in [0, 0.05) is 36.7 Å². The van der Waals surface area contributed by atoms with Crippen LogP contribution in [0.4, 0.5) is 17.1 Å². The van der Waals surface area contributed by atoms with Crippen LogP contribution in [0, 0.1) is 16.0 Å². The molecule has 0 aromatic heterocycles. The summed E-state index contributed by atoms with van der Waals surface area (Å²) in [6.07, 6.45) is 2.20. The zero-order valence-electron chi connectivity index (χ0n) is 10.1. The lowest BCUT2D eigenvalue weighted by Crippen LogP contribution is -2.24. The Kier molecular flexibility index (Phi) is 3.99. The Hall–Kier alpha value is -1.82. The van der Waals surface area contributed by atoms with E-state index in [0.29, 0.717) is 17.3 Å². The van der Waals surface area contributed by atoms with Crippen LogP contribution in [0.1, 0.15) is 12.8 Å². The fraction of sp³-hybridized carbons (Fsp3) is 0.500. The highest BCUT2D eigenvalue weighted by Crippen LogP contribution is 2.23. The van der Waals surface area contributed by atoms with Gasteiger partial charge in [0.25, 0.3) is 5.69 Å². The number of benzene rings is 1. The monoisotopic (exact) mass is 251 g/mol. The average molecular weight is 251 g/mol. The molecule has 0 aliphatic carbocycles. The van der Waals surface area contributed by atoms with E-state index in [1.807, 2.05) is 0 Å². The number of anilines is 2. The van der Waals surface area contributed by atoms with Crippen molar-refractivity contribution in [1.82, 2.24) is 0 Å². The summed E-state index contributed by atoms with van der Waals surface area (Å²) in [5.74, 6) is 0.458. The third-order valence-electron chi connectivity index (χ3n) is 3.00. The molecule has 2 rings (SSSR count). The Morgan fingerprint density at radius 3 is 3.00 bits per heavy atom. The molecular weight excluding hydrogens is 234 g/mol. The lowest BCUT2D eigenvalue weighted by Gasteiger charge is -2.22. The molecule has 0 saturated carbocycles. The van der Waals surface area contributed by atoms with Gasteiger partial charge in [-0.05, 0) is 24.8 Å². The molecule has 6 nitrogen and oxygen atoms in total. The van der Waals surface area contributed by atoms with Crippen molar-refractivity contribution >= 4 is 17.1 Å². The van der Waals surface area contributed by atoms with Gasteiger partial charge in [-0.2, -0.15) is 0 Å². The first-order valence-electron chi connectivity index (χ1n) is 6.02. The third-order valence-corrected chi connectivity index (χ3v) is 3.00. The predicted octanol–water partition coefficient (Wildman–Crippen LogP) is 2.02. The van der Waals surface area contributed by atoms with Crippen molar-refractivity contribution < 1.29 is 9.66 Å². The number of rotatable bonds is 4. The zero-order chi connectivity index (χ0) is 13.0. The van der Waals surface area contributed by atoms with E-state index in [1.54, 1.807) is 6.07 Å². The molecule has 1 aliphatic heterocycles. The minimum atomic E-state index is -0.439. The van der Waals surface area contributed by atoms with Crippen molar-refractivity contribution in [2.75, 3.05) is 30.8 Å². The SMILES string of the molecule is Nc1cc(NCC2CCCOC2)cc([N+](=O)[O-])c1. The molecule has 6 heteroatoms. The Balaban J connectivity index is 1.97. The number of hydrogen-bond acceptors (Lipinski definition) is 5. The zero-order valence-corrected chi connectivity index (χ0v) is 10.1. The maximum absolute atomic E-state index is 10.7. The molecule has 0 spiro atoms. The molecule has 1 aliphatic rings. The minimum Gasteiger partial charge on any atom is -0.398 e.